The highest BCUT2D eigenvalue weighted by Gasteiger charge is 2.32. The van der Waals surface area contributed by atoms with Crippen LogP contribution in [0.4, 0.5) is 0 Å². The summed E-state index contributed by atoms with van der Waals surface area (Å²) in [5, 5.41) is 20.3. The summed E-state index contributed by atoms with van der Waals surface area (Å²) in [6.45, 7) is 10.5. The quantitative estimate of drug-likeness (QED) is 0.101. The van der Waals surface area contributed by atoms with E-state index in [4.69, 9.17) is 10.8 Å². The highest BCUT2D eigenvalue weighted by molar-refractivity contribution is 5.96. The minimum Gasteiger partial charge on any atom is -0.481 e. The highest BCUT2D eigenvalue weighted by atomic mass is 16.4. The van der Waals surface area contributed by atoms with E-state index in [9.17, 15) is 28.8 Å². The van der Waals surface area contributed by atoms with Crippen LogP contribution in [0.5, 0.6) is 0 Å². The van der Waals surface area contributed by atoms with Crippen molar-refractivity contribution >= 4 is 46.8 Å². The Morgan fingerprint density at radius 3 is 2.16 bits per heavy atom. The SMILES string of the molecule is C=C(C)CC(NC(=O)C(NC(=O)C(C)N)C(C)C)C(=O)NC(Cc1c[nH]c2ccccc12)C(=O)NC(C=O)CCC(=O)O. The number of amides is 4. The van der Waals surface area contributed by atoms with E-state index in [2.05, 4.69) is 32.8 Å². The van der Waals surface area contributed by atoms with Gasteiger partial charge in [0.05, 0.1) is 12.1 Å². The Hall–Kier alpha value is -4.52. The molecule has 13 heteroatoms. The average Bonchev–Trinajstić information content (AvgIpc) is 3.34. The number of aliphatic carboxylic acids is 1. The summed E-state index contributed by atoms with van der Waals surface area (Å²) >= 11 is 0. The predicted molar refractivity (Wildman–Crippen MR) is 161 cm³/mol. The standard InChI is InChI=1S/C30H42N6O7/c1-16(2)12-23(35-30(43)26(17(3)4)36-27(40)18(5)31)29(42)34-24(28(41)33-20(15-37)10-11-25(38)39)13-19-14-32-22-9-7-6-8-21(19)22/h6-9,14-15,17-18,20,23-24,26,32H,1,10-13,31H2,2-5H3,(H,33,41)(H,34,42)(H,35,43)(H,36,40)(H,38,39). The first-order valence-corrected chi connectivity index (χ1v) is 14.1. The number of hydrogen-bond donors (Lipinski definition) is 7. The maximum absolute atomic E-state index is 13.6. The summed E-state index contributed by atoms with van der Waals surface area (Å²) in [5.74, 6) is -3.99. The van der Waals surface area contributed by atoms with Crippen LogP contribution in [-0.2, 0) is 35.2 Å². The molecule has 0 aliphatic carbocycles. The van der Waals surface area contributed by atoms with Crippen molar-refractivity contribution in [1.29, 1.82) is 0 Å². The van der Waals surface area contributed by atoms with Crippen LogP contribution in [0, 0.1) is 5.92 Å². The molecule has 0 fully saturated rings. The van der Waals surface area contributed by atoms with Crippen LogP contribution < -0.4 is 27.0 Å². The molecule has 13 nitrogen and oxygen atoms in total. The summed E-state index contributed by atoms with van der Waals surface area (Å²) in [7, 11) is 0. The van der Waals surface area contributed by atoms with Crippen LogP contribution >= 0.6 is 0 Å². The number of fused-ring (bicyclic) bond motifs is 1. The molecule has 5 atom stereocenters. The van der Waals surface area contributed by atoms with Crippen LogP contribution in [-0.4, -0.2) is 76.2 Å². The van der Waals surface area contributed by atoms with Gasteiger partial charge in [0.2, 0.25) is 23.6 Å². The number of carbonyl (C=O) groups excluding carboxylic acids is 5. The molecular weight excluding hydrogens is 556 g/mol. The Labute approximate surface area is 250 Å². The zero-order valence-corrected chi connectivity index (χ0v) is 24.9. The number of nitrogens with one attached hydrogen (secondary N) is 5. The topological polar surface area (TPSA) is 213 Å². The van der Waals surface area contributed by atoms with E-state index in [0.29, 0.717) is 17.4 Å². The van der Waals surface area contributed by atoms with Crippen molar-refractivity contribution < 1.29 is 33.9 Å². The van der Waals surface area contributed by atoms with E-state index in [1.54, 1.807) is 27.0 Å². The fourth-order valence-electron chi connectivity index (χ4n) is 4.38. The van der Waals surface area contributed by atoms with Gasteiger partial charge in [-0.2, -0.15) is 0 Å². The second kappa shape index (κ2) is 16.2. The molecule has 0 saturated heterocycles. The van der Waals surface area contributed by atoms with Gasteiger partial charge in [-0.3, -0.25) is 24.0 Å². The molecule has 0 saturated carbocycles. The van der Waals surface area contributed by atoms with Crippen molar-refractivity contribution in [1.82, 2.24) is 26.3 Å². The molecule has 5 unspecified atom stereocenters. The minimum atomic E-state index is -1.19. The van der Waals surface area contributed by atoms with Crippen molar-refractivity contribution in [3.8, 4) is 0 Å². The summed E-state index contributed by atoms with van der Waals surface area (Å²) in [4.78, 5) is 78.1. The van der Waals surface area contributed by atoms with Crippen molar-refractivity contribution in [2.45, 2.75) is 83.6 Å². The largest absolute Gasteiger partial charge is 0.481 e. The first-order chi connectivity index (χ1) is 20.2. The lowest BCUT2D eigenvalue weighted by Gasteiger charge is -2.27. The molecule has 234 valence electrons. The van der Waals surface area contributed by atoms with E-state index >= 15 is 0 Å². The number of carboxylic acids is 1. The van der Waals surface area contributed by atoms with Crippen LogP contribution in [0.2, 0.25) is 0 Å². The molecule has 1 aromatic carbocycles. The molecule has 4 amide bonds. The Bertz CT molecular complexity index is 1340. The number of carbonyl (C=O) groups is 6. The van der Waals surface area contributed by atoms with Gasteiger partial charge in [0.1, 0.15) is 24.4 Å². The maximum Gasteiger partial charge on any atom is 0.303 e. The second-order valence-corrected chi connectivity index (χ2v) is 11.0. The third-order valence-electron chi connectivity index (χ3n) is 6.74. The van der Waals surface area contributed by atoms with Gasteiger partial charge in [0, 0.05) is 29.9 Å². The molecule has 0 bridgehead atoms. The third-order valence-corrected chi connectivity index (χ3v) is 6.74. The molecule has 2 rings (SSSR count). The Morgan fingerprint density at radius 2 is 1.58 bits per heavy atom. The van der Waals surface area contributed by atoms with E-state index in [1.807, 2.05) is 24.3 Å². The van der Waals surface area contributed by atoms with Gasteiger partial charge >= 0.3 is 5.97 Å². The summed E-state index contributed by atoms with van der Waals surface area (Å²) in [5.41, 5.74) is 7.75. The number of carboxylic acid groups (broad SMARTS) is 1. The van der Waals surface area contributed by atoms with Gasteiger partial charge in [0.25, 0.3) is 0 Å². The lowest BCUT2D eigenvalue weighted by Crippen LogP contribution is -2.59. The number of rotatable bonds is 17. The number of hydrogen-bond acceptors (Lipinski definition) is 7. The van der Waals surface area contributed by atoms with E-state index in [-0.39, 0.29) is 31.6 Å². The molecule has 43 heavy (non-hydrogen) atoms. The zero-order chi connectivity index (χ0) is 32.3. The lowest BCUT2D eigenvalue weighted by atomic mass is 10.00. The normalized spacial score (nSPS) is 14.6. The van der Waals surface area contributed by atoms with Crippen LogP contribution in [0.3, 0.4) is 0 Å². The molecule has 0 radical (unpaired) electrons. The van der Waals surface area contributed by atoms with Gasteiger partial charge in [-0.1, -0.05) is 37.6 Å². The van der Waals surface area contributed by atoms with E-state index in [0.717, 1.165) is 10.9 Å². The first kappa shape index (κ1) is 34.7. The zero-order valence-electron chi connectivity index (χ0n) is 24.9. The molecular formula is C30H42N6O7. The lowest BCUT2D eigenvalue weighted by molar-refractivity contribution is -0.137. The minimum absolute atomic E-state index is 0.0267. The number of H-pyrrole nitrogens is 1. The maximum atomic E-state index is 13.6. The van der Waals surface area contributed by atoms with Crippen molar-refractivity contribution in [2.24, 2.45) is 11.7 Å². The van der Waals surface area contributed by atoms with E-state index in [1.165, 1.54) is 6.92 Å². The van der Waals surface area contributed by atoms with E-state index < -0.39 is 59.8 Å². The Balaban J connectivity index is 2.34. The third kappa shape index (κ3) is 10.7. The van der Waals surface area contributed by atoms with Gasteiger partial charge in [-0.15, -0.1) is 6.58 Å². The predicted octanol–water partition coefficient (Wildman–Crippen LogP) is 0.683. The summed E-state index contributed by atoms with van der Waals surface area (Å²) in [6, 6.07) is 2.13. The smallest absolute Gasteiger partial charge is 0.303 e. The number of aromatic amines is 1. The van der Waals surface area contributed by atoms with Crippen LogP contribution in [0.1, 0.15) is 52.5 Å². The Kier molecular flexibility index (Phi) is 13.1. The fourth-order valence-corrected chi connectivity index (χ4v) is 4.38. The highest BCUT2D eigenvalue weighted by Crippen LogP contribution is 2.19. The van der Waals surface area contributed by atoms with Crippen molar-refractivity contribution in [2.75, 3.05) is 0 Å². The van der Waals surface area contributed by atoms with Crippen LogP contribution in [0.15, 0.2) is 42.6 Å². The number of aldehydes is 1. The average molecular weight is 599 g/mol. The van der Waals surface area contributed by atoms with Gasteiger partial charge in [-0.25, -0.2) is 0 Å². The fraction of sp³-hybridized carbons (Fsp3) is 0.467. The summed E-state index contributed by atoms with van der Waals surface area (Å²) < 4.78 is 0. The molecule has 1 aromatic heterocycles. The molecule has 8 N–H and O–H groups in total. The van der Waals surface area contributed by atoms with Crippen LogP contribution in [0.25, 0.3) is 10.9 Å². The molecule has 0 aliphatic rings. The van der Waals surface area contributed by atoms with Gasteiger partial charge < -0.3 is 41.9 Å². The number of para-hydroxylation sites is 1. The molecule has 0 spiro atoms. The van der Waals surface area contributed by atoms with Gasteiger partial charge in [0.15, 0.2) is 0 Å². The summed E-state index contributed by atoms with van der Waals surface area (Å²) in [6.07, 6.45) is 1.75. The second-order valence-electron chi connectivity index (χ2n) is 11.0. The number of aromatic nitrogens is 1. The van der Waals surface area contributed by atoms with Crippen molar-refractivity contribution in [3.63, 3.8) is 0 Å². The molecule has 0 aliphatic heterocycles. The number of benzene rings is 1. The molecule has 1 heterocycles. The van der Waals surface area contributed by atoms with Crippen molar-refractivity contribution in [3.05, 3.63) is 48.2 Å². The Morgan fingerprint density at radius 1 is 0.953 bits per heavy atom. The van der Waals surface area contributed by atoms with Gasteiger partial charge in [-0.05, 0) is 44.2 Å². The molecule has 2 aromatic rings. The monoisotopic (exact) mass is 598 g/mol. The first-order valence-electron chi connectivity index (χ1n) is 14.1. The number of nitrogens with two attached hydrogens (primary N) is 1.